The second kappa shape index (κ2) is 6.36. The van der Waals surface area contributed by atoms with Gasteiger partial charge >= 0.3 is 5.97 Å². The largest absolute Gasteiger partial charge is 0.481 e. The Morgan fingerprint density at radius 1 is 1.18 bits per heavy atom. The minimum absolute atomic E-state index is 0.0657. The first kappa shape index (κ1) is 12.8. The van der Waals surface area contributed by atoms with Crippen LogP contribution in [0.25, 0.3) is 0 Å². The quantitative estimate of drug-likeness (QED) is 0.820. The average molecular weight is 242 g/mol. The van der Waals surface area contributed by atoms with E-state index in [1.165, 1.54) is 0 Å². The number of ether oxygens (including phenoxy) is 2. The van der Waals surface area contributed by atoms with Crippen LogP contribution in [0.4, 0.5) is 0 Å². The summed E-state index contributed by atoms with van der Waals surface area (Å²) in [6.45, 7) is 2.35. The third-order valence-corrected chi connectivity index (χ3v) is 3.91. The molecule has 1 aliphatic carbocycles. The summed E-state index contributed by atoms with van der Waals surface area (Å²) in [5, 5.41) is 9.15. The molecule has 17 heavy (non-hydrogen) atoms. The lowest BCUT2D eigenvalue weighted by molar-refractivity contribution is -0.150. The van der Waals surface area contributed by atoms with Crippen LogP contribution < -0.4 is 0 Å². The molecule has 0 spiro atoms. The molecule has 1 saturated heterocycles. The Kier molecular flexibility index (Phi) is 4.80. The van der Waals surface area contributed by atoms with E-state index < -0.39 is 5.97 Å². The number of carboxylic acids is 1. The van der Waals surface area contributed by atoms with Crippen molar-refractivity contribution in [3.8, 4) is 0 Å². The highest BCUT2D eigenvalue weighted by Gasteiger charge is 2.32. The molecule has 2 fully saturated rings. The Bertz CT molecular complexity index is 248. The van der Waals surface area contributed by atoms with E-state index in [0.717, 1.165) is 51.7 Å². The van der Waals surface area contributed by atoms with E-state index in [1.807, 2.05) is 0 Å². The van der Waals surface area contributed by atoms with Gasteiger partial charge < -0.3 is 14.6 Å². The Morgan fingerprint density at radius 2 is 1.88 bits per heavy atom. The molecule has 1 heterocycles. The Hall–Kier alpha value is -0.610. The van der Waals surface area contributed by atoms with Crippen LogP contribution in [-0.4, -0.2) is 37.0 Å². The molecular formula is C13H22O4. The summed E-state index contributed by atoms with van der Waals surface area (Å²) >= 11 is 0. The number of hydrogen-bond donors (Lipinski definition) is 1. The molecule has 0 aromatic heterocycles. The molecule has 1 aliphatic heterocycles. The number of hydrogen-bond acceptors (Lipinski definition) is 3. The number of carbonyl (C=O) groups is 1. The van der Waals surface area contributed by atoms with Gasteiger partial charge in [0.25, 0.3) is 0 Å². The number of rotatable bonds is 4. The molecule has 4 nitrogen and oxygen atoms in total. The molecule has 2 unspecified atom stereocenters. The van der Waals surface area contributed by atoms with Gasteiger partial charge in [0.05, 0.1) is 12.0 Å². The van der Waals surface area contributed by atoms with Crippen LogP contribution in [0.1, 0.15) is 38.5 Å². The highest BCUT2D eigenvalue weighted by atomic mass is 16.5. The first-order valence-corrected chi connectivity index (χ1v) is 6.69. The van der Waals surface area contributed by atoms with Crippen LogP contribution >= 0.6 is 0 Å². The van der Waals surface area contributed by atoms with E-state index in [1.54, 1.807) is 0 Å². The smallest absolute Gasteiger partial charge is 0.309 e. The molecule has 0 aromatic carbocycles. The first-order chi connectivity index (χ1) is 8.27. The van der Waals surface area contributed by atoms with Gasteiger partial charge in [-0.05, 0) is 31.6 Å². The standard InChI is InChI=1S/C13H22O4/c14-13(15)11-3-1-2-4-12(11)17-9-10-5-7-16-8-6-10/h10-12H,1-9H2,(H,14,15). The summed E-state index contributed by atoms with van der Waals surface area (Å²) in [4.78, 5) is 11.1. The molecule has 4 heteroatoms. The second-order valence-corrected chi connectivity index (χ2v) is 5.16. The molecule has 1 saturated carbocycles. The van der Waals surface area contributed by atoms with Crippen LogP contribution in [0.3, 0.4) is 0 Å². The van der Waals surface area contributed by atoms with Crippen molar-refractivity contribution in [2.24, 2.45) is 11.8 Å². The van der Waals surface area contributed by atoms with E-state index in [9.17, 15) is 4.79 Å². The molecule has 1 N–H and O–H groups in total. The zero-order valence-electron chi connectivity index (χ0n) is 10.3. The van der Waals surface area contributed by atoms with Crippen molar-refractivity contribution in [1.82, 2.24) is 0 Å². The average Bonchev–Trinajstić information content (AvgIpc) is 2.38. The van der Waals surface area contributed by atoms with E-state index >= 15 is 0 Å². The third-order valence-electron chi connectivity index (χ3n) is 3.91. The van der Waals surface area contributed by atoms with Crippen LogP contribution in [0.15, 0.2) is 0 Å². The van der Waals surface area contributed by atoms with Crippen LogP contribution in [0.5, 0.6) is 0 Å². The molecule has 0 aromatic rings. The molecule has 98 valence electrons. The van der Waals surface area contributed by atoms with E-state index in [4.69, 9.17) is 14.6 Å². The van der Waals surface area contributed by atoms with Crippen molar-refractivity contribution in [3.05, 3.63) is 0 Å². The zero-order chi connectivity index (χ0) is 12.1. The molecular weight excluding hydrogens is 220 g/mol. The molecule has 2 aliphatic rings. The van der Waals surface area contributed by atoms with Gasteiger partial charge in [0.2, 0.25) is 0 Å². The summed E-state index contributed by atoms with van der Waals surface area (Å²) < 4.78 is 11.2. The Balaban J connectivity index is 1.77. The summed E-state index contributed by atoms with van der Waals surface area (Å²) in [6.07, 6.45) is 5.82. The normalized spacial score (nSPS) is 31.3. The maximum absolute atomic E-state index is 11.1. The van der Waals surface area contributed by atoms with E-state index in [2.05, 4.69) is 0 Å². The number of carboxylic acid groups (broad SMARTS) is 1. The van der Waals surface area contributed by atoms with Gasteiger partial charge in [-0.15, -0.1) is 0 Å². The van der Waals surface area contributed by atoms with Crippen molar-refractivity contribution >= 4 is 5.97 Å². The molecule has 2 rings (SSSR count). The summed E-state index contributed by atoms with van der Waals surface area (Å²) in [7, 11) is 0. The van der Waals surface area contributed by atoms with Gasteiger partial charge in [-0.2, -0.15) is 0 Å². The lowest BCUT2D eigenvalue weighted by Gasteiger charge is -2.31. The zero-order valence-corrected chi connectivity index (χ0v) is 10.3. The highest BCUT2D eigenvalue weighted by Crippen LogP contribution is 2.28. The van der Waals surface area contributed by atoms with Crippen molar-refractivity contribution < 1.29 is 19.4 Å². The van der Waals surface area contributed by atoms with Gasteiger partial charge in [-0.1, -0.05) is 12.8 Å². The molecule has 0 bridgehead atoms. The predicted octanol–water partition coefficient (Wildman–Crippen LogP) is 2.07. The first-order valence-electron chi connectivity index (χ1n) is 6.69. The van der Waals surface area contributed by atoms with Crippen molar-refractivity contribution in [3.63, 3.8) is 0 Å². The third kappa shape index (κ3) is 3.68. The van der Waals surface area contributed by atoms with Crippen molar-refractivity contribution in [2.45, 2.75) is 44.6 Å². The lowest BCUT2D eigenvalue weighted by atomic mass is 9.86. The van der Waals surface area contributed by atoms with Gasteiger partial charge in [0.1, 0.15) is 0 Å². The minimum Gasteiger partial charge on any atom is -0.481 e. The Morgan fingerprint density at radius 3 is 2.59 bits per heavy atom. The van der Waals surface area contributed by atoms with Gasteiger partial charge in [-0.25, -0.2) is 0 Å². The Labute approximate surface area is 102 Å². The molecule has 0 radical (unpaired) electrons. The fourth-order valence-corrected chi connectivity index (χ4v) is 2.75. The lowest BCUT2D eigenvalue weighted by Crippen LogP contribution is -2.35. The maximum Gasteiger partial charge on any atom is 0.309 e. The van der Waals surface area contributed by atoms with E-state index in [0.29, 0.717) is 12.5 Å². The van der Waals surface area contributed by atoms with E-state index in [-0.39, 0.29) is 12.0 Å². The predicted molar refractivity (Wildman–Crippen MR) is 62.9 cm³/mol. The van der Waals surface area contributed by atoms with Gasteiger partial charge in [-0.3, -0.25) is 4.79 Å². The summed E-state index contributed by atoms with van der Waals surface area (Å²) in [6, 6.07) is 0. The number of aliphatic carboxylic acids is 1. The second-order valence-electron chi connectivity index (χ2n) is 5.16. The van der Waals surface area contributed by atoms with Gasteiger partial charge in [0.15, 0.2) is 0 Å². The fraction of sp³-hybridized carbons (Fsp3) is 0.923. The van der Waals surface area contributed by atoms with Crippen molar-refractivity contribution in [2.75, 3.05) is 19.8 Å². The highest BCUT2D eigenvalue weighted by molar-refractivity contribution is 5.70. The van der Waals surface area contributed by atoms with Crippen LogP contribution in [0, 0.1) is 11.8 Å². The van der Waals surface area contributed by atoms with Gasteiger partial charge in [0, 0.05) is 19.8 Å². The summed E-state index contributed by atoms with van der Waals surface area (Å²) in [5.74, 6) is -0.426. The van der Waals surface area contributed by atoms with Crippen LogP contribution in [-0.2, 0) is 14.3 Å². The molecule has 2 atom stereocenters. The maximum atomic E-state index is 11.1. The van der Waals surface area contributed by atoms with Crippen molar-refractivity contribution in [1.29, 1.82) is 0 Å². The fourth-order valence-electron chi connectivity index (χ4n) is 2.75. The monoisotopic (exact) mass is 242 g/mol. The minimum atomic E-state index is -0.693. The topological polar surface area (TPSA) is 55.8 Å². The molecule has 0 amide bonds. The SMILES string of the molecule is O=C(O)C1CCCCC1OCC1CCOCC1. The summed E-state index contributed by atoms with van der Waals surface area (Å²) in [5.41, 5.74) is 0. The van der Waals surface area contributed by atoms with Crippen LogP contribution in [0.2, 0.25) is 0 Å².